The van der Waals surface area contributed by atoms with Crippen molar-refractivity contribution in [3.8, 4) is 0 Å². The molecule has 1 aliphatic rings. The number of sulfonamides is 1. The standard InChI is InChI=1S/C16H20ClN3O4S/c1-3-15(21)20-8-4-5-11(10-20)16(22)18-12-6-7-14(13(17)9-12)19-25(2,23)24/h3,6-7,9,11,19H,1,4-5,8,10H2,2H3,(H,18,22). The number of hydrogen-bond donors (Lipinski definition) is 2. The SMILES string of the molecule is C=CC(=O)N1CCCC(C(=O)Nc2ccc(NS(C)(=O)=O)c(Cl)c2)C1. The molecule has 1 heterocycles. The van der Waals surface area contributed by atoms with Crippen LogP contribution in [0.3, 0.4) is 0 Å². The van der Waals surface area contributed by atoms with Crippen LogP contribution in [0.4, 0.5) is 11.4 Å². The zero-order valence-electron chi connectivity index (χ0n) is 13.8. The number of carbonyl (C=O) groups excluding carboxylic acids is 2. The van der Waals surface area contributed by atoms with E-state index in [1.807, 2.05) is 0 Å². The maximum Gasteiger partial charge on any atom is 0.245 e. The van der Waals surface area contributed by atoms with E-state index >= 15 is 0 Å². The zero-order valence-corrected chi connectivity index (χ0v) is 15.4. The molecule has 1 saturated heterocycles. The Balaban J connectivity index is 2.04. The summed E-state index contributed by atoms with van der Waals surface area (Å²) < 4.78 is 24.8. The average Bonchev–Trinajstić information content (AvgIpc) is 2.55. The molecule has 0 spiro atoms. The number of amides is 2. The van der Waals surface area contributed by atoms with E-state index in [1.54, 1.807) is 11.0 Å². The molecule has 7 nitrogen and oxygen atoms in total. The van der Waals surface area contributed by atoms with Gasteiger partial charge in [0, 0.05) is 18.8 Å². The molecule has 1 fully saturated rings. The van der Waals surface area contributed by atoms with Crippen LogP contribution in [-0.4, -0.2) is 44.5 Å². The molecule has 0 aliphatic carbocycles. The molecule has 9 heteroatoms. The summed E-state index contributed by atoms with van der Waals surface area (Å²) in [7, 11) is -3.44. The third-order valence-corrected chi connectivity index (χ3v) is 4.71. The molecule has 1 aromatic carbocycles. The Morgan fingerprint density at radius 1 is 1.40 bits per heavy atom. The van der Waals surface area contributed by atoms with Crippen molar-refractivity contribution in [2.24, 2.45) is 5.92 Å². The number of nitrogens with zero attached hydrogens (tertiary/aromatic N) is 1. The molecular formula is C16H20ClN3O4S. The van der Waals surface area contributed by atoms with E-state index in [4.69, 9.17) is 11.6 Å². The first kappa shape index (κ1) is 19.3. The smallest absolute Gasteiger partial charge is 0.245 e. The Morgan fingerprint density at radius 2 is 2.12 bits per heavy atom. The maximum absolute atomic E-state index is 12.4. The van der Waals surface area contributed by atoms with Gasteiger partial charge in [0.05, 0.1) is 22.9 Å². The second kappa shape index (κ2) is 7.88. The fourth-order valence-corrected chi connectivity index (χ4v) is 3.50. The van der Waals surface area contributed by atoms with Crippen molar-refractivity contribution in [2.75, 3.05) is 29.4 Å². The minimum atomic E-state index is -3.44. The highest BCUT2D eigenvalue weighted by Crippen LogP contribution is 2.27. The highest BCUT2D eigenvalue weighted by Gasteiger charge is 2.27. The Kier molecular flexibility index (Phi) is 6.07. The van der Waals surface area contributed by atoms with Gasteiger partial charge in [0.1, 0.15) is 0 Å². The molecule has 0 radical (unpaired) electrons. The van der Waals surface area contributed by atoms with E-state index < -0.39 is 10.0 Å². The lowest BCUT2D eigenvalue weighted by Gasteiger charge is -2.31. The van der Waals surface area contributed by atoms with Gasteiger partial charge in [-0.25, -0.2) is 8.42 Å². The van der Waals surface area contributed by atoms with Gasteiger partial charge in [-0.3, -0.25) is 14.3 Å². The molecule has 1 aromatic rings. The molecule has 0 saturated carbocycles. The molecule has 2 N–H and O–H groups in total. The fourth-order valence-electron chi connectivity index (χ4n) is 2.64. The van der Waals surface area contributed by atoms with E-state index in [2.05, 4.69) is 16.6 Å². The average molecular weight is 386 g/mol. The Morgan fingerprint density at radius 3 is 2.72 bits per heavy atom. The van der Waals surface area contributed by atoms with E-state index in [1.165, 1.54) is 18.2 Å². The van der Waals surface area contributed by atoms with Gasteiger partial charge in [0.25, 0.3) is 0 Å². The highest BCUT2D eigenvalue weighted by atomic mass is 35.5. The van der Waals surface area contributed by atoms with Crippen LogP contribution in [0.2, 0.25) is 5.02 Å². The molecule has 25 heavy (non-hydrogen) atoms. The summed E-state index contributed by atoms with van der Waals surface area (Å²) in [5, 5.41) is 2.93. The largest absolute Gasteiger partial charge is 0.338 e. The molecule has 2 amide bonds. The predicted octanol–water partition coefficient (Wildman–Crippen LogP) is 2.07. The number of likely N-dealkylation sites (tertiary alicyclic amines) is 1. The van der Waals surface area contributed by atoms with Gasteiger partial charge in [0.15, 0.2) is 0 Å². The second-order valence-corrected chi connectivity index (χ2v) is 8.04. The topological polar surface area (TPSA) is 95.6 Å². The number of rotatable bonds is 5. The number of benzene rings is 1. The fraction of sp³-hybridized carbons (Fsp3) is 0.375. The molecule has 136 valence electrons. The number of carbonyl (C=O) groups is 2. The van der Waals surface area contributed by atoms with Crippen LogP contribution < -0.4 is 10.0 Å². The number of anilines is 2. The Hall–Kier alpha value is -2.06. The summed E-state index contributed by atoms with van der Waals surface area (Å²) in [6, 6.07) is 4.52. The molecule has 1 unspecified atom stereocenters. The summed E-state index contributed by atoms with van der Waals surface area (Å²) in [6.07, 6.45) is 3.70. The number of hydrogen-bond acceptors (Lipinski definition) is 4. The van der Waals surface area contributed by atoms with Crippen LogP contribution >= 0.6 is 11.6 Å². The molecule has 0 bridgehead atoms. The van der Waals surface area contributed by atoms with Crippen LogP contribution in [0.15, 0.2) is 30.9 Å². The number of piperidine rings is 1. The summed E-state index contributed by atoms with van der Waals surface area (Å²) in [6.45, 7) is 4.42. The van der Waals surface area contributed by atoms with E-state index in [0.29, 0.717) is 25.2 Å². The molecule has 2 rings (SSSR count). The van der Waals surface area contributed by atoms with Crippen LogP contribution in [0.5, 0.6) is 0 Å². The van der Waals surface area contributed by atoms with Crippen molar-refractivity contribution in [3.05, 3.63) is 35.9 Å². The summed E-state index contributed by atoms with van der Waals surface area (Å²) in [4.78, 5) is 25.7. The summed E-state index contributed by atoms with van der Waals surface area (Å²) in [5.74, 6) is -0.705. The lowest BCUT2D eigenvalue weighted by atomic mass is 9.97. The van der Waals surface area contributed by atoms with E-state index in [0.717, 1.165) is 12.7 Å². The Labute approximate surface area is 152 Å². The second-order valence-electron chi connectivity index (χ2n) is 5.89. The molecule has 1 aliphatic heterocycles. The minimum absolute atomic E-state index is 0.176. The first-order valence-electron chi connectivity index (χ1n) is 7.69. The summed E-state index contributed by atoms with van der Waals surface area (Å²) in [5.41, 5.74) is 0.698. The van der Waals surface area contributed by atoms with Gasteiger partial charge >= 0.3 is 0 Å². The van der Waals surface area contributed by atoms with E-state index in [-0.39, 0.29) is 28.4 Å². The van der Waals surface area contributed by atoms with Crippen molar-refractivity contribution in [1.29, 1.82) is 0 Å². The normalized spacial score (nSPS) is 17.7. The van der Waals surface area contributed by atoms with Gasteiger partial charge in [-0.05, 0) is 37.1 Å². The van der Waals surface area contributed by atoms with Gasteiger partial charge in [-0.15, -0.1) is 0 Å². The molecule has 1 atom stereocenters. The summed E-state index contributed by atoms with van der Waals surface area (Å²) >= 11 is 6.05. The quantitative estimate of drug-likeness (QED) is 0.758. The molecule has 0 aromatic heterocycles. The number of nitrogens with one attached hydrogen (secondary N) is 2. The third-order valence-electron chi connectivity index (χ3n) is 3.81. The Bertz CT molecular complexity index is 795. The van der Waals surface area contributed by atoms with Crippen LogP contribution in [-0.2, 0) is 19.6 Å². The lowest BCUT2D eigenvalue weighted by molar-refractivity contribution is -0.130. The zero-order chi connectivity index (χ0) is 18.6. The van der Waals surface area contributed by atoms with Crippen LogP contribution in [0, 0.1) is 5.92 Å². The monoisotopic (exact) mass is 385 g/mol. The highest BCUT2D eigenvalue weighted by molar-refractivity contribution is 7.92. The van der Waals surface area contributed by atoms with Gasteiger partial charge in [-0.1, -0.05) is 18.2 Å². The van der Waals surface area contributed by atoms with Crippen molar-refractivity contribution in [2.45, 2.75) is 12.8 Å². The first-order chi connectivity index (χ1) is 11.7. The molecular weight excluding hydrogens is 366 g/mol. The predicted molar refractivity (Wildman–Crippen MR) is 98.0 cm³/mol. The third kappa shape index (κ3) is 5.47. The van der Waals surface area contributed by atoms with Gasteiger partial charge in [0.2, 0.25) is 21.8 Å². The van der Waals surface area contributed by atoms with Crippen molar-refractivity contribution < 1.29 is 18.0 Å². The van der Waals surface area contributed by atoms with Crippen molar-refractivity contribution in [3.63, 3.8) is 0 Å². The van der Waals surface area contributed by atoms with Crippen molar-refractivity contribution >= 4 is 44.8 Å². The number of halogens is 1. The van der Waals surface area contributed by atoms with Crippen LogP contribution in [0.25, 0.3) is 0 Å². The van der Waals surface area contributed by atoms with E-state index in [9.17, 15) is 18.0 Å². The van der Waals surface area contributed by atoms with Crippen LogP contribution in [0.1, 0.15) is 12.8 Å². The first-order valence-corrected chi connectivity index (χ1v) is 9.96. The lowest BCUT2D eigenvalue weighted by Crippen LogP contribution is -2.43. The maximum atomic E-state index is 12.4. The van der Waals surface area contributed by atoms with Gasteiger partial charge in [-0.2, -0.15) is 0 Å². The minimum Gasteiger partial charge on any atom is -0.338 e. The van der Waals surface area contributed by atoms with Crippen molar-refractivity contribution in [1.82, 2.24) is 4.90 Å². The van der Waals surface area contributed by atoms with Gasteiger partial charge < -0.3 is 10.2 Å².